The molecule has 1 fully saturated rings. The number of carboxylic acid groups (broad SMARTS) is 1. The Morgan fingerprint density at radius 2 is 2.04 bits per heavy atom. The van der Waals surface area contributed by atoms with Gasteiger partial charge in [0.05, 0.1) is 10.5 Å². The Kier molecular flexibility index (Phi) is 3.06. The molecule has 2 heterocycles. The Morgan fingerprint density at radius 3 is 2.71 bits per heavy atom. The molecule has 2 aromatic heterocycles. The SMILES string of the molecule is O=C(O)c1c[nH]c2c(=O)[nH]c3ccc(S(=O)(=O)NC4CC4)cc3c12. The van der Waals surface area contributed by atoms with Crippen molar-refractivity contribution in [2.24, 2.45) is 0 Å². The molecule has 1 aromatic carbocycles. The van der Waals surface area contributed by atoms with Gasteiger partial charge in [0, 0.05) is 28.5 Å². The van der Waals surface area contributed by atoms with Gasteiger partial charge in [-0.25, -0.2) is 17.9 Å². The molecule has 0 saturated heterocycles. The number of aromatic carboxylic acids is 1. The van der Waals surface area contributed by atoms with E-state index in [9.17, 15) is 23.1 Å². The molecular formula is C15H13N3O5S. The van der Waals surface area contributed by atoms with E-state index < -0.39 is 21.6 Å². The van der Waals surface area contributed by atoms with Crippen molar-refractivity contribution in [2.45, 2.75) is 23.8 Å². The first kappa shape index (κ1) is 14.9. The Hall–Kier alpha value is -2.65. The average Bonchev–Trinajstić information content (AvgIpc) is 3.19. The van der Waals surface area contributed by atoms with Crippen LogP contribution < -0.4 is 10.3 Å². The highest BCUT2D eigenvalue weighted by Crippen LogP contribution is 2.28. The number of benzene rings is 1. The van der Waals surface area contributed by atoms with Crippen molar-refractivity contribution < 1.29 is 18.3 Å². The van der Waals surface area contributed by atoms with Crippen LogP contribution in [-0.4, -0.2) is 35.5 Å². The fourth-order valence-electron chi connectivity index (χ4n) is 2.73. The molecule has 0 bridgehead atoms. The lowest BCUT2D eigenvalue weighted by Crippen LogP contribution is -2.25. The number of hydrogen-bond acceptors (Lipinski definition) is 4. The summed E-state index contributed by atoms with van der Waals surface area (Å²) in [7, 11) is -3.68. The lowest BCUT2D eigenvalue weighted by Gasteiger charge is -2.08. The van der Waals surface area contributed by atoms with E-state index in [4.69, 9.17) is 0 Å². The quantitative estimate of drug-likeness (QED) is 0.562. The smallest absolute Gasteiger partial charge is 0.337 e. The number of fused-ring (bicyclic) bond motifs is 3. The second-order valence-electron chi connectivity index (χ2n) is 5.81. The molecule has 1 saturated carbocycles. The van der Waals surface area contributed by atoms with Crippen LogP contribution in [0, 0.1) is 0 Å². The van der Waals surface area contributed by atoms with Crippen LogP contribution in [0.1, 0.15) is 23.2 Å². The molecule has 3 aromatic rings. The highest BCUT2D eigenvalue weighted by atomic mass is 32.2. The highest BCUT2D eigenvalue weighted by molar-refractivity contribution is 7.89. The van der Waals surface area contributed by atoms with E-state index in [2.05, 4.69) is 14.7 Å². The van der Waals surface area contributed by atoms with Crippen LogP contribution in [0.25, 0.3) is 21.8 Å². The number of hydrogen-bond donors (Lipinski definition) is 4. The predicted octanol–water partition coefficient (Wildman–Crippen LogP) is 1.15. The summed E-state index contributed by atoms with van der Waals surface area (Å²) in [5, 5.41) is 9.88. The van der Waals surface area contributed by atoms with Gasteiger partial charge in [0.15, 0.2) is 0 Å². The van der Waals surface area contributed by atoms with Crippen molar-refractivity contribution in [3.05, 3.63) is 40.3 Å². The van der Waals surface area contributed by atoms with Crippen LogP contribution in [0.15, 0.2) is 34.1 Å². The van der Waals surface area contributed by atoms with Crippen LogP contribution in [-0.2, 0) is 10.0 Å². The second kappa shape index (κ2) is 4.92. The zero-order chi connectivity index (χ0) is 17.1. The molecule has 8 nitrogen and oxygen atoms in total. The lowest BCUT2D eigenvalue weighted by molar-refractivity contribution is 0.0699. The minimum Gasteiger partial charge on any atom is -0.478 e. The first-order chi connectivity index (χ1) is 11.4. The van der Waals surface area contributed by atoms with Gasteiger partial charge in [0.25, 0.3) is 5.56 Å². The van der Waals surface area contributed by atoms with Crippen LogP contribution >= 0.6 is 0 Å². The summed E-state index contributed by atoms with van der Waals surface area (Å²) >= 11 is 0. The Labute approximate surface area is 135 Å². The average molecular weight is 347 g/mol. The monoisotopic (exact) mass is 347 g/mol. The van der Waals surface area contributed by atoms with Crippen LogP contribution in [0.5, 0.6) is 0 Å². The molecule has 0 spiro atoms. The summed E-state index contributed by atoms with van der Waals surface area (Å²) in [4.78, 5) is 28.8. The lowest BCUT2D eigenvalue weighted by atomic mass is 10.1. The molecular weight excluding hydrogens is 334 g/mol. The van der Waals surface area contributed by atoms with Gasteiger partial charge < -0.3 is 15.1 Å². The molecule has 0 unspecified atom stereocenters. The normalized spacial score (nSPS) is 15.2. The summed E-state index contributed by atoms with van der Waals surface area (Å²) < 4.78 is 27.3. The van der Waals surface area contributed by atoms with Gasteiger partial charge in [0.1, 0.15) is 5.52 Å². The van der Waals surface area contributed by atoms with E-state index >= 15 is 0 Å². The van der Waals surface area contributed by atoms with Crippen LogP contribution in [0.3, 0.4) is 0 Å². The third-order valence-electron chi connectivity index (χ3n) is 4.06. The number of carboxylic acids is 1. The van der Waals surface area contributed by atoms with Crippen molar-refractivity contribution in [1.82, 2.24) is 14.7 Å². The first-order valence-corrected chi connectivity index (χ1v) is 8.78. The zero-order valence-electron chi connectivity index (χ0n) is 12.3. The Morgan fingerprint density at radius 1 is 1.29 bits per heavy atom. The van der Waals surface area contributed by atoms with Crippen molar-refractivity contribution in [2.75, 3.05) is 0 Å². The molecule has 0 aliphatic heterocycles. The third kappa shape index (κ3) is 2.29. The Bertz CT molecular complexity index is 1160. The van der Waals surface area contributed by atoms with Crippen molar-refractivity contribution in [3.63, 3.8) is 0 Å². The van der Waals surface area contributed by atoms with E-state index in [0.29, 0.717) is 10.9 Å². The molecule has 4 rings (SSSR count). The van der Waals surface area contributed by atoms with Crippen LogP contribution in [0.4, 0.5) is 0 Å². The first-order valence-electron chi connectivity index (χ1n) is 7.29. The fourth-order valence-corrected chi connectivity index (χ4v) is 4.06. The number of sulfonamides is 1. The largest absolute Gasteiger partial charge is 0.478 e. The Balaban J connectivity index is 2.03. The van der Waals surface area contributed by atoms with Crippen molar-refractivity contribution in [1.29, 1.82) is 0 Å². The topological polar surface area (TPSA) is 132 Å². The molecule has 1 aliphatic rings. The molecule has 9 heteroatoms. The van der Waals surface area contributed by atoms with E-state index in [1.165, 1.54) is 24.4 Å². The zero-order valence-corrected chi connectivity index (χ0v) is 13.1. The highest BCUT2D eigenvalue weighted by Gasteiger charge is 2.28. The molecule has 124 valence electrons. The maximum Gasteiger partial charge on any atom is 0.337 e. The van der Waals surface area contributed by atoms with Gasteiger partial charge in [-0.3, -0.25) is 4.79 Å². The maximum absolute atomic E-state index is 12.4. The maximum atomic E-state index is 12.4. The molecule has 24 heavy (non-hydrogen) atoms. The van der Waals surface area contributed by atoms with Crippen LogP contribution in [0.2, 0.25) is 0 Å². The second-order valence-corrected chi connectivity index (χ2v) is 7.53. The third-order valence-corrected chi connectivity index (χ3v) is 5.57. The summed E-state index contributed by atoms with van der Waals surface area (Å²) in [6.45, 7) is 0. The van der Waals surface area contributed by atoms with Gasteiger partial charge in [-0.15, -0.1) is 0 Å². The van der Waals surface area contributed by atoms with Gasteiger partial charge in [0.2, 0.25) is 10.0 Å². The molecule has 1 aliphatic carbocycles. The summed E-state index contributed by atoms with van der Waals surface area (Å²) in [6, 6.07) is 4.21. The molecule has 0 amide bonds. The van der Waals surface area contributed by atoms with E-state index in [1.54, 1.807) is 0 Å². The number of aromatic amines is 2. The summed E-state index contributed by atoms with van der Waals surface area (Å²) in [6.07, 6.45) is 2.85. The summed E-state index contributed by atoms with van der Waals surface area (Å²) in [5.74, 6) is -1.20. The van der Waals surface area contributed by atoms with Gasteiger partial charge in [-0.1, -0.05) is 0 Å². The van der Waals surface area contributed by atoms with Gasteiger partial charge >= 0.3 is 5.97 Å². The standard InChI is InChI=1S/C15H13N3O5S/c19-14-13-12(10(6-16-13)15(20)21)9-5-8(3-4-11(9)17-14)24(22,23)18-7-1-2-7/h3-7,16,18H,1-2H2,(H,17,19)(H,20,21). The molecule has 4 N–H and O–H groups in total. The van der Waals surface area contributed by atoms with E-state index in [1.807, 2.05) is 0 Å². The molecule has 0 radical (unpaired) electrons. The minimum atomic E-state index is -3.68. The number of H-pyrrole nitrogens is 2. The fraction of sp³-hybridized carbons (Fsp3) is 0.200. The number of aromatic nitrogens is 2. The molecule has 0 atom stereocenters. The number of carbonyl (C=O) groups is 1. The summed E-state index contributed by atoms with van der Waals surface area (Å²) in [5.41, 5.74) is -0.0629. The van der Waals surface area contributed by atoms with E-state index in [0.717, 1.165) is 12.8 Å². The minimum absolute atomic E-state index is 0.0350. The number of nitrogens with one attached hydrogen (secondary N) is 3. The van der Waals surface area contributed by atoms with Gasteiger partial charge in [-0.2, -0.15) is 0 Å². The van der Waals surface area contributed by atoms with Gasteiger partial charge in [-0.05, 0) is 31.0 Å². The number of pyridine rings is 1. The van der Waals surface area contributed by atoms with E-state index in [-0.39, 0.29) is 27.4 Å². The number of rotatable bonds is 4. The van der Waals surface area contributed by atoms with Crippen molar-refractivity contribution >= 4 is 37.8 Å². The predicted molar refractivity (Wildman–Crippen MR) is 86.7 cm³/mol. The van der Waals surface area contributed by atoms with Crippen molar-refractivity contribution in [3.8, 4) is 0 Å².